The molecule has 0 radical (unpaired) electrons. The van der Waals surface area contributed by atoms with E-state index in [2.05, 4.69) is 69.0 Å². The smallest absolute Gasteiger partial charge is 0.213 e. The van der Waals surface area contributed by atoms with Crippen LogP contribution in [0.5, 0.6) is 0 Å². The van der Waals surface area contributed by atoms with E-state index in [0.717, 1.165) is 30.6 Å². The lowest BCUT2D eigenvalue weighted by atomic mass is 10.0. The molecule has 0 fully saturated rings. The first kappa shape index (κ1) is 16.1. The summed E-state index contributed by atoms with van der Waals surface area (Å²) in [5.74, 6) is 0. The molecular formula is C20H22N4O. The van der Waals surface area contributed by atoms with E-state index >= 15 is 0 Å². The Morgan fingerprint density at radius 1 is 0.720 bits per heavy atom. The molecule has 4 rings (SSSR count). The van der Waals surface area contributed by atoms with Crippen molar-refractivity contribution in [1.82, 2.24) is 0 Å². The Bertz CT molecular complexity index is 727. The topological polar surface area (TPSA) is 58.7 Å². The maximum absolute atomic E-state index is 5.79. The molecule has 0 unspecified atom stereocenters. The van der Waals surface area contributed by atoms with Gasteiger partial charge in [0.15, 0.2) is 0 Å². The van der Waals surface area contributed by atoms with Gasteiger partial charge in [-0.3, -0.25) is 0 Å². The van der Waals surface area contributed by atoms with Crippen LogP contribution in [0, 0.1) is 0 Å². The van der Waals surface area contributed by atoms with Gasteiger partial charge in [-0.1, -0.05) is 48.5 Å². The minimum atomic E-state index is -0.298. The summed E-state index contributed by atoms with van der Waals surface area (Å²) in [6.45, 7) is 5.44. The van der Waals surface area contributed by atoms with E-state index in [9.17, 15) is 0 Å². The minimum absolute atomic E-state index is 0.281. The molecule has 0 spiro atoms. The molecule has 5 heteroatoms. The highest BCUT2D eigenvalue weighted by atomic mass is 16.5. The average molecular weight is 334 g/mol. The van der Waals surface area contributed by atoms with Crippen molar-refractivity contribution >= 4 is 0 Å². The molecule has 0 amide bonds. The summed E-state index contributed by atoms with van der Waals surface area (Å²) in [7, 11) is 0. The lowest BCUT2D eigenvalue weighted by Crippen LogP contribution is -2.03. The van der Waals surface area contributed by atoms with Gasteiger partial charge in [-0.2, -0.15) is 20.5 Å². The molecule has 0 saturated heterocycles. The van der Waals surface area contributed by atoms with E-state index in [0.29, 0.717) is 6.61 Å². The fraction of sp³-hybridized carbons (Fsp3) is 0.400. The van der Waals surface area contributed by atoms with Crippen LogP contribution in [0.2, 0.25) is 0 Å². The highest BCUT2D eigenvalue weighted by Crippen LogP contribution is 2.39. The second-order valence-corrected chi connectivity index (χ2v) is 6.99. The molecular weight excluding hydrogens is 312 g/mol. The van der Waals surface area contributed by atoms with Crippen molar-refractivity contribution < 1.29 is 4.74 Å². The number of ether oxygens (including phenoxy) is 1. The van der Waals surface area contributed by atoms with Crippen molar-refractivity contribution in [3.05, 3.63) is 70.8 Å². The number of hydrogen-bond donors (Lipinski definition) is 0. The van der Waals surface area contributed by atoms with Crippen LogP contribution in [0.3, 0.4) is 0 Å². The van der Waals surface area contributed by atoms with Crippen LogP contribution in [0.1, 0.15) is 42.5 Å². The third kappa shape index (κ3) is 3.66. The van der Waals surface area contributed by atoms with Gasteiger partial charge in [0, 0.05) is 17.7 Å². The molecule has 2 aromatic carbocycles. The molecule has 2 heterocycles. The first-order chi connectivity index (χ1) is 12.1. The van der Waals surface area contributed by atoms with E-state index in [4.69, 9.17) is 4.74 Å². The van der Waals surface area contributed by atoms with Crippen molar-refractivity contribution in [2.75, 3.05) is 6.61 Å². The number of aryl methyl sites for hydroxylation is 1. The standard InChI is InChI=1S/C20H22N4O/c1-19(21-22-19)17-9-5-15(6-10-17)4-3-13-25-14-16-7-11-18(12-8-16)20(2)23-24-20/h5-12H,3-4,13-14H2,1-2H3. The average Bonchev–Trinajstić information content (AvgIpc) is 3.55. The van der Waals surface area contributed by atoms with Crippen LogP contribution in [-0.4, -0.2) is 6.61 Å². The highest BCUT2D eigenvalue weighted by molar-refractivity contribution is 5.30. The zero-order valence-corrected chi connectivity index (χ0v) is 14.6. The summed E-state index contributed by atoms with van der Waals surface area (Å²) in [6.07, 6.45) is 2.03. The fourth-order valence-electron chi connectivity index (χ4n) is 2.85. The third-order valence-electron chi connectivity index (χ3n) is 4.82. The summed E-state index contributed by atoms with van der Waals surface area (Å²) in [4.78, 5) is 0. The summed E-state index contributed by atoms with van der Waals surface area (Å²) in [6, 6.07) is 16.9. The van der Waals surface area contributed by atoms with Crippen LogP contribution in [0.15, 0.2) is 69.0 Å². The molecule has 2 aromatic rings. The maximum Gasteiger partial charge on any atom is 0.213 e. The molecule has 5 nitrogen and oxygen atoms in total. The Morgan fingerprint density at radius 3 is 1.68 bits per heavy atom. The first-order valence-corrected chi connectivity index (χ1v) is 8.72. The summed E-state index contributed by atoms with van der Waals surface area (Å²) in [5, 5.41) is 16.2. The van der Waals surface area contributed by atoms with E-state index < -0.39 is 0 Å². The van der Waals surface area contributed by atoms with Crippen LogP contribution >= 0.6 is 0 Å². The first-order valence-electron chi connectivity index (χ1n) is 8.72. The van der Waals surface area contributed by atoms with E-state index in [-0.39, 0.29) is 11.3 Å². The molecule has 0 atom stereocenters. The van der Waals surface area contributed by atoms with Gasteiger partial charge in [-0.25, -0.2) is 0 Å². The van der Waals surface area contributed by atoms with Gasteiger partial charge in [0.05, 0.1) is 6.61 Å². The largest absolute Gasteiger partial charge is 0.377 e. The molecule has 0 aliphatic carbocycles. The molecule has 2 aliphatic heterocycles. The Labute approximate surface area is 147 Å². The SMILES string of the molecule is CC1(c2ccc(CCCOCc3ccc(C4(C)N=N4)cc3)cc2)N=N1. The van der Waals surface area contributed by atoms with Gasteiger partial charge < -0.3 is 4.74 Å². The van der Waals surface area contributed by atoms with Gasteiger partial charge >= 0.3 is 0 Å². The second kappa shape index (κ2) is 6.15. The number of hydrogen-bond acceptors (Lipinski definition) is 5. The Balaban J connectivity index is 1.17. The lowest BCUT2D eigenvalue weighted by Gasteiger charge is -2.08. The van der Waals surface area contributed by atoms with Crippen LogP contribution in [-0.2, 0) is 29.1 Å². The van der Waals surface area contributed by atoms with Crippen LogP contribution < -0.4 is 0 Å². The van der Waals surface area contributed by atoms with Gasteiger partial charge in [-0.05, 0) is 37.8 Å². The molecule has 2 aliphatic rings. The molecule has 0 bridgehead atoms. The fourth-order valence-corrected chi connectivity index (χ4v) is 2.85. The monoisotopic (exact) mass is 334 g/mol. The van der Waals surface area contributed by atoms with E-state index in [1.165, 1.54) is 11.1 Å². The van der Waals surface area contributed by atoms with Crippen molar-refractivity contribution in [2.24, 2.45) is 20.5 Å². The minimum Gasteiger partial charge on any atom is -0.377 e. The summed E-state index contributed by atoms with van der Waals surface area (Å²) in [5.41, 5.74) is 4.23. The molecule has 0 saturated carbocycles. The summed E-state index contributed by atoms with van der Waals surface area (Å²) < 4.78 is 5.79. The zero-order valence-electron chi connectivity index (χ0n) is 14.6. The van der Waals surface area contributed by atoms with Crippen molar-refractivity contribution in [3.63, 3.8) is 0 Å². The predicted molar refractivity (Wildman–Crippen MR) is 95.3 cm³/mol. The van der Waals surface area contributed by atoms with Crippen LogP contribution in [0.4, 0.5) is 0 Å². The van der Waals surface area contributed by atoms with E-state index in [1.807, 2.05) is 13.8 Å². The Hall–Kier alpha value is -2.40. The highest BCUT2D eigenvalue weighted by Gasteiger charge is 2.36. The molecule has 0 aromatic heterocycles. The van der Waals surface area contributed by atoms with Gasteiger partial charge in [0.2, 0.25) is 11.3 Å². The van der Waals surface area contributed by atoms with Crippen molar-refractivity contribution in [1.29, 1.82) is 0 Å². The van der Waals surface area contributed by atoms with Crippen molar-refractivity contribution in [2.45, 2.75) is 44.6 Å². The predicted octanol–water partition coefficient (Wildman–Crippen LogP) is 5.11. The van der Waals surface area contributed by atoms with Gasteiger partial charge in [0.1, 0.15) is 0 Å². The van der Waals surface area contributed by atoms with Crippen LogP contribution in [0.25, 0.3) is 0 Å². The lowest BCUT2D eigenvalue weighted by molar-refractivity contribution is 0.118. The normalized spacial score (nSPS) is 18.3. The third-order valence-corrected chi connectivity index (χ3v) is 4.82. The quantitative estimate of drug-likeness (QED) is 0.619. The molecule has 0 N–H and O–H groups in total. The maximum atomic E-state index is 5.79. The molecule has 128 valence electrons. The molecule has 25 heavy (non-hydrogen) atoms. The number of benzene rings is 2. The Morgan fingerprint density at radius 2 is 1.20 bits per heavy atom. The van der Waals surface area contributed by atoms with Gasteiger partial charge in [-0.15, -0.1) is 0 Å². The van der Waals surface area contributed by atoms with Gasteiger partial charge in [0.25, 0.3) is 0 Å². The second-order valence-electron chi connectivity index (χ2n) is 6.99. The zero-order chi connectivity index (χ0) is 17.3. The van der Waals surface area contributed by atoms with Crippen molar-refractivity contribution in [3.8, 4) is 0 Å². The van der Waals surface area contributed by atoms with E-state index in [1.54, 1.807) is 0 Å². The number of rotatable bonds is 8. The Kier molecular flexibility index (Phi) is 3.96. The summed E-state index contributed by atoms with van der Waals surface area (Å²) >= 11 is 0. The number of nitrogens with zero attached hydrogens (tertiary/aromatic N) is 4.